The van der Waals surface area contributed by atoms with Gasteiger partial charge in [0.15, 0.2) is 0 Å². The van der Waals surface area contributed by atoms with E-state index < -0.39 is 0 Å². The Balaban J connectivity index is 2.91. The molecule has 0 aliphatic heterocycles. The number of para-hydroxylation sites is 1. The molecule has 0 amide bonds. The zero-order chi connectivity index (χ0) is 12.7. The van der Waals surface area contributed by atoms with Crippen molar-refractivity contribution in [3.63, 3.8) is 0 Å². The summed E-state index contributed by atoms with van der Waals surface area (Å²) in [5.74, 6) is 0.681. The second-order valence-electron chi connectivity index (χ2n) is 4.50. The molecule has 0 bridgehead atoms. The van der Waals surface area contributed by atoms with Gasteiger partial charge in [-0.25, -0.2) is 0 Å². The molecule has 2 N–H and O–H groups in total. The fourth-order valence-corrected chi connectivity index (χ4v) is 2.64. The van der Waals surface area contributed by atoms with Crippen molar-refractivity contribution >= 4 is 5.69 Å². The maximum Gasteiger partial charge on any atom is 0.0440 e. The van der Waals surface area contributed by atoms with E-state index in [1.807, 2.05) is 0 Å². The van der Waals surface area contributed by atoms with E-state index >= 15 is 0 Å². The second-order valence-corrected chi connectivity index (χ2v) is 4.50. The molecule has 96 valence electrons. The smallest absolute Gasteiger partial charge is 0.0440 e. The summed E-state index contributed by atoms with van der Waals surface area (Å²) in [5.41, 5.74) is 7.29. The number of hydrogen-bond donors (Lipinski definition) is 1. The minimum absolute atomic E-state index is 0.456. The van der Waals surface area contributed by atoms with Crippen LogP contribution in [0.2, 0.25) is 0 Å². The van der Waals surface area contributed by atoms with Crippen molar-refractivity contribution in [2.24, 2.45) is 11.7 Å². The van der Waals surface area contributed by atoms with Crippen LogP contribution in [0.1, 0.15) is 33.6 Å². The predicted octanol–water partition coefficient (Wildman–Crippen LogP) is 3.28. The first-order chi connectivity index (χ1) is 8.28. The molecule has 2 nitrogen and oxygen atoms in total. The van der Waals surface area contributed by atoms with Crippen LogP contribution in [0.3, 0.4) is 0 Å². The number of likely N-dealkylation sites (N-methyl/N-ethyl adjacent to an activating group) is 1. The van der Waals surface area contributed by atoms with E-state index in [0.717, 1.165) is 13.1 Å². The molecule has 0 radical (unpaired) electrons. The van der Waals surface area contributed by atoms with E-state index in [9.17, 15) is 0 Å². The van der Waals surface area contributed by atoms with Gasteiger partial charge in [0.05, 0.1) is 0 Å². The van der Waals surface area contributed by atoms with Gasteiger partial charge in [-0.2, -0.15) is 0 Å². The molecule has 1 rings (SSSR count). The lowest BCUT2D eigenvalue weighted by Gasteiger charge is -2.37. The molecule has 17 heavy (non-hydrogen) atoms. The Morgan fingerprint density at radius 2 is 1.65 bits per heavy atom. The zero-order valence-electron chi connectivity index (χ0n) is 11.4. The molecule has 1 atom stereocenters. The average molecular weight is 234 g/mol. The third-order valence-electron chi connectivity index (χ3n) is 3.66. The van der Waals surface area contributed by atoms with Crippen molar-refractivity contribution in [1.29, 1.82) is 0 Å². The molecule has 0 aliphatic carbocycles. The van der Waals surface area contributed by atoms with Crippen LogP contribution in [0.5, 0.6) is 0 Å². The minimum Gasteiger partial charge on any atom is -0.367 e. The zero-order valence-corrected chi connectivity index (χ0v) is 11.4. The van der Waals surface area contributed by atoms with Gasteiger partial charge >= 0.3 is 0 Å². The van der Waals surface area contributed by atoms with Gasteiger partial charge in [-0.1, -0.05) is 44.9 Å². The Hall–Kier alpha value is -1.02. The van der Waals surface area contributed by atoms with Gasteiger partial charge < -0.3 is 10.6 Å². The summed E-state index contributed by atoms with van der Waals surface area (Å²) >= 11 is 0. The van der Waals surface area contributed by atoms with Gasteiger partial charge in [0.2, 0.25) is 0 Å². The Morgan fingerprint density at radius 3 is 2.06 bits per heavy atom. The van der Waals surface area contributed by atoms with Crippen molar-refractivity contribution in [2.45, 2.75) is 39.7 Å². The Kier molecular flexibility index (Phi) is 6.06. The molecule has 0 heterocycles. The van der Waals surface area contributed by atoms with E-state index in [4.69, 9.17) is 5.73 Å². The summed E-state index contributed by atoms with van der Waals surface area (Å²) in [5, 5.41) is 0. The molecule has 0 spiro atoms. The first-order valence-corrected chi connectivity index (χ1v) is 6.80. The van der Waals surface area contributed by atoms with Crippen LogP contribution in [0.15, 0.2) is 30.3 Å². The minimum atomic E-state index is 0.456. The van der Waals surface area contributed by atoms with Crippen LogP contribution in [0.4, 0.5) is 5.69 Å². The number of rotatable bonds is 7. The highest BCUT2D eigenvalue weighted by molar-refractivity contribution is 5.47. The predicted molar refractivity (Wildman–Crippen MR) is 76.4 cm³/mol. The molecule has 0 fully saturated rings. The van der Waals surface area contributed by atoms with Crippen molar-refractivity contribution in [1.82, 2.24) is 0 Å². The molecule has 0 saturated carbocycles. The number of nitrogens with two attached hydrogens (primary N) is 1. The van der Waals surface area contributed by atoms with E-state index in [1.165, 1.54) is 18.5 Å². The van der Waals surface area contributed by atoms with Crippen molar-refractivity contribution in [3.05, 3.63) is 30.3 Å². The van der Waals surface area contributed by atoms with Gasteiger partial charge in [-0.3, -0.25) is 0 Å². The van der Waals surface area contributed by atoms with E-state index in [1.54, 1.807) is 0 Å². The highest BCUT2D eigenvalue weighted by Crippen LogP contribution is 2.23. The van der Waals surface area contributed by atoms with Crippen molar-refractivity contribution in [2.75, 3.05) is 18.0 Å². The monoisotopic (exact) mass is 234 g/mol. The molecule has 1 aromatic rings. The summed E-state index contributed by atoms with van der Waals surface area (Å²) in [7, 11) is 0. The number of nitrogens with zero attached hydrogens (tertiary/aromatic N) is 1. The maximum atomic E-state index is 6.00. The highest BCUT2D eigenvalue weighted by atomic mass is 15.2. The molecule has 1 unspecified atom stereocenters. The molecule has 2 heteroatoms. The van der Waals surface area contributed by atoms with Gasteiger partial charge in [0.1, 0.15) is 0 Å². The maximum absolute atomic E-state index is 6.00. The Labute approximate surface area is 106 Å². The topological polar surface area (TPSA) is 29.3 Å². The quantitative estimate of drug-likeness (QED) is 0.784. The lowest BCUT2D eigenvalue weighted by atomic mass is 9.92. The van der Waals surface area contributed by atoms with Crippen LogP contribution in [-0.4, -0.2) is 19.1 Å². The van der Waals surface area contributed by atoms with Crippen LogP contribution in [0.25, 0.3) is 0 Å². The van der Waals surface area contributed by atoms with Crippen LogP contribution in [-0.2, 0) is 0 Å². The van der Waals surface area contributed by atoms with E-state index in [0.29, 0.717) is 12.0 Å². The lowest BCUT2D eigenvalue weighted by molar-refractivity contribution is 0.380. The highest BCUT2D eigenvalue weighted by Gasteiger charge is 2.23. The van der Waals surface area contributed by atoms with Gasteiger partial charge in [-0.05, 0) is 25.0 Å². The lowest BCUT2D eigenvalue weighted by Crippen LogP contribution is -2.45. The normalized spacial score (nSPS) is 12.8. The largest absolute Gasteiger partial charge is 0.367 e. The Bertz CT molecular complexity index is 293. The molecule has 0 aliphatic rings. The molecule has 0 aromatic heterocycles. The second kappa shape index (κ2) is 7.33. The van der Waals surface area contributed by atoms with Crippen LogP contribution < -0.4 is 10.6 Å². The van der Waals surface area contributed by atoms with Crippen molar-refractivity contribution in [3.8, 4) is 0 Å². The SMILES string of the molecule is CCC(CC)C(CN)N(CC)c1ccccc1. The Morgan fingerprint density at radius 1 is 1.06 bits per heavy atom. The summed E-state index contributed by atoms with van der Waals surface area (Å²) in [6.07, 6.45) is 2.39. The molecule has 0 saturated heterocycles. The van der Waals surface area contributed by atoms with Gasteiger partial charge in [-0.15, -0.1) is 0 Å². The van der Waals surface area contributed by atoms with Gasteiger partial charge in [0, 0.05) is 24.8 Å². The summed E-state index contributed by atoms with van der Waals surface area (Å²) in [6.45, 7) is 8.47. The first kappa shape index (κ1) is 14.0. The summed E-state index contributed by atoms with van der Waals surface area (Å²) < 4.78 is 0. The fourth-order valence-electron chi connectivity index (χ4n) is 2.64. The number of benzene rings is 1. The standard InChI is InChI=1S/C15H26N2/c1-4-13(5-2)15(12-16)17(6-3)14-10-8-7-9-11-14/h7-11,13,15H,4-6,12,16H2,1-3H3. The van der Waals surface area contributed by atoms with E-state index in [-0.39, 0.29) is 0 Å². The molecular formula is C15H26N2. The average Bonchev–Trinajstić information content (AvgIpc) is 2.40. The summed E-state index contributed by atoms with van der Waals surface area (Å²) in [6, 6.07) is 11.1. The third-order valence-corrected chi connectivity index (χ3v) is 3.66. The van der Waals surface area contributed by atoms with Crippen LogP contribution in [0, 0.1) is 5.92 Å². The fraction of sp³-hybridized carbons (Fsp3) is 0.600. The van der Waals surface area contributed by atoms with Crippen LogP contribution >= 0.6 is 0 Å². The van der Waals surface area contributed by atoms with Crippen molar-refractivity contribution < 1.29 is 0 Å². The first-order valence-electron chi connectivity index (χ1n) is 6.80. The van der Waals surface area contributed by atoms with Gasteiger partial charge in [0.25, 0.3) is 0 Å². The summed E-state index contributed by atoms with van der Waals surface area (Å²) in [4.78, 5) is 2.44. The molecule has 1 aromatic carbocycles. The third kappa shape index (κ3) is 3.47. The number of hydrogen-bond acceptors (Lipinski definition) is 2. The number of anilines is 1. The van der Waals surface area contributed by atoms with E-state index in [2.05, 4.69) is 56.0 Å². The molecular weight excluding hydrogens is 208 g/mol.